The van der Waals surface area contributed by atoms with Crippen molar-refractivity contribution in [2.24, 2.45) is 10.7 Å². The molecule has 21 heavy (non-hydrogen) atoms. The van der Waals surface area contributed by atoms with Crippen LogP contribution in [0.4, 0.5) is 0 Å². The molecule has 0 radical (unpaired) electrons. The lowest BCUT2D eigenvalue weighted by Gasteiger charge is -2.27. The molecule has 0 amide bonds. The third-order valence-corrected chi connectivity index (χ3v) is 3.76. The Morgan fingerprint density at radius 3 is 2.67 bits per heavy atom. The first-order valence-electron chi connectivity index (χ1n) is 7.47. The molecule has 1 fully saturated rings. The van der Waals surface area contributed by atoms with E-state index in [0.29, 0.717) is 12.5 Å². The number of nitrogens with two attached hydrogens (primary N) is 1. The lowest BCUT2D eigenvalue weighted by Crippen LogP contribution is -2.40. The van der Waals surface area contributed by atoms with Crippen LogP contribution in [0.5, 0.6) is 0 Å². The Kier molecular flexibility index (Phi) is 4.19. The predicted octanol–water partition coefficient (Wildman–Crippen LogP) is 2.17. The quantitative estimate of drug-likeness (QED) is 0.694. The number of rotatable bonds is 3. The van der Waals surface area contributed by atoms with Crippen molar-refractivity contribution in [1.82, 2.24) is 14.7 Å². The summed E-state index contributed by atoms with van der Waals surface area (Å²) in [4.78, 5) is 6.66. The number of hydrogen-bond acceptors (Lipinski definition) is 2. The van der Waals surface area contributed by atoms with Gasteiger partial charge in [0.05, 0.1) is 18.4 Å². The lowest BCUT2D eigenvalue weighted by molar-refractivity contribution is 0.338. The molecule has 0 bridgehead atoms. The number of hydrogen-bond donors (Lipinski definition) is 1. The van der Waals surface area contributed by atoms with E-state index >= 15 is 0 Å². The number of likely N-dealkylation sites (tertiary alicyclic amines) is 1. The maximum absolute atomic E-state index is 6.06. The van der Waals surface area contributed by atoms with Crippen LogP contribution in [0.15, 0.2) is 47.7 Å². The average molecular weight is 283 g/mol. The van der Waals surface area contributed by atoms with E-state index in [-0.39, 0.29) is 0 Å². The molecule has 1 aromatic heterocycles. The monoisotopic (exact) mass is 283 g/mol. The van der Waals surface area contributed by atoms with E-state index in [2.05, 4.69) is 15.0 Å². The smallest absolute Gasteiger partial charge is 0.191 e. The molecule has 110 valence electrons. The van der Waals surface area contributed by atoms with Gasteiger partial charge in [-0.15, -0.1) is 0 Å². The van der Waals surface area contributed by atoms with Crippen molar-refractivity contribution in [2.45, 2.75) is 25.8 Å². The van der Waals surface area contributed by atoms with Crippen molar-refractivity contribution in [3.05, 3.63) is 48.3 Å². The first-order chi connectivity index (χ1) is 10.3. The van der Waals surface area contributed by atoms with Crippen molar-refractivity contribution in [3.8, 4) is 5.69 Å². The van der Waals surface area contributed by atoms with Gasteiger partial charge in [-0.1, -0.05) is 18.2 Å². The average Bonchev–Trinajstić information content (AvgIpc) is 3.03. The van der Waals surface area contributed by atoms with Crippen LogP contribution in [0.3, 0.4) is 0 Å². The minimum Gasteiger partial charge on any atom is -0.370 e. The Labute approximate surface area is 125 Å². The van der Waals surface area contributed by atoms with Crippen molar-refractivity contribution < 1.29 is 0 Å². The maximum Gasteiger partial charge on any atom is 0.191 e. The van der Waals surface area contributed by atoms with Crippen molar-refractivity contribution in [3.63, 3.8) is 0 Å². The van der Waals surface area contributed by atoms with Crippen LogP contribution < -0.4 is 5.73 Å². The largest absolute Gasteiger partial charge is 0.370 e. The highest BCUT2D eigenvalue weighted by Gasteiger charge is 2.11. The summed E-state index contributed by atoms with van der Waals surface area (Å²) in [5.41, 5.74) is 8.18. The second-order valence-corrected chi connectivity index (χ2v) is 5.35. The molecule has 1 saturated heterocycles. The molecule has 1 aliphatic rings. The van der Waals surface area contributed by atoms with Gasteiger partial charge in [0, 0.05) is 24.8 Å². The molecule has 2 N–H and O–H groups in total. The zero-order valence-corrected chi connectivity index (χ0v) is 12.2. The summed E-state index contributed by atoms with van der Waals surface area (Å²) in [7, 11) is 0. The fraction of sp³-hybridized carbons (Fsp3) is 0.375. The summed E-state index contributed by atoms with van der Waals surface area (Å²) in [5, 5.41) is 4.37. The van der Waals surface area contributed by atoms with Gasteiger partial charge in [-0.2, -0.15) is 5.10 Å². The van der Waals surface area contributed by atoms with Gasteiger partial charge < -0.3 is 10.6 Å². The normalized spacial score (nSPS) is 16.2. The highest BCUT2D eigenvalue weighted by molar-refractivity contribution is 5.78. The summed E-state index contributed by atoms with van der Waals surface area (Å²) >= 11 is 0. The van der Waals surface area contributed by atoms with Gasteiger partial charge in [0.2, 0.25) is 0 Å². The molecule has 0 atom stereocenters. The van der Waals surface area contributed by atoms with Crippen LogP contribution >= 0.6 is 0 Å². The highest BCUT2D eigenvalue weighted by Crippen LogP contribution is 2.10. The summed E-state index contributed by atoms with van der Waals surface area (Å²) in [6.45, 7) is 2.63. The van der Waals surface area contributed by atoms with Gasteiger partial charge in [0.1, 0.15) is 0 Å². The molecule has 0 spiro atoms. The van der Waals surface area contributed by atoms with Crippen LogP contribution in [-0.2, 0) is 6.54 Å². The van der Waals surface area contributed by atoms with Gasteiger partial charge in [-0.25, -0.2) is 9.67 Å². The number of benzene rings is 1. The van der Waals surface area contributed by atoms with E-state index in [1.54, 1.807) is 0 Å². The van der Waals surface area contributed by atoms with E-state index in [1.807, 2.05) is 47.4 Å². The number of aromatic nitrogens is 2. The minimum atomic E-state index is 0.579. The SMILES string of the molecule is NC(=NCc1cnn(-c2ccccc2)c1)N1CCCCC1. The van der Waals surface area contributed by atoms with Crippen LogP contribution in [0, 0.1) is 0 Å². The second-order valence-electron chi connectivity index (χ2n) is 5.35. The summed E-state index contributed by atoms with van der Waals surface area (Å²) < 4.78 is 1.86. The standard InChI is InChI=1S/C16H21N5/c17-16(20-9-5-2-6-10-20)18-11-14-12-19-21(13-14)15-7-3-1-4-8-15/h1,3-4,7-8,12-13H,2,5-6,9-11H2,(H2,17,18). The summed E-state index contributed by atoms with van der Waals surface area (Å²) in [5.74, 6) is 0.655. The molecule has 1 aliphatic heterocycles. The Hall–Kier alpha value is -2.30. The van der Waals surface area contributed by atoms with E-state index in [0.717, 1.165) is 24.3 Å². The van der Waals surface area contributed by atoms with Crippen LogP contribution in [0.2, 0.25) is 0 Å². The Balaban J connectivity index is 1.64. The van der Waals surface area contributed by atoms with Crippen LogP contribution in [-0.4, -0.2) is 33.7 Å². The number of guanidine groups is 1. The van der Waals surface area contributed by atoms with E-state index < -0.39 is 0 Å². The van der Waals surface area contributed by atoms with E-state index in [1.165, 1.54) is 19.3 Å². The van der Waals surface area contributed by atoms with Crippen molar-refractivity contribution in [2.75, 3.05) is 13.1 Å². The number of nitrogens with zero attached hydrogens (tertiary/aromatic N) is 4. The minimum absolute atomic E-state index is 0.579. The molecule has 5 nitrogen and oxygen atoms in total. The Morgan fingerprint density at radius 2 is 1.90 bits per heavy atom. The van der Waals surface area contributed by atoms with E-state index in [9.17, 15) is 0 Å². The van der Waals surface area contributed by atoms with Gasteiger partial charge >= 0.3 is 0 Å². The molecule has 3 rings (SSSR count). The molecule has 2 heterocycles. The van der Waals surface area contributed by atoms with Gasteiger partial charge in [-0.05, 0) is 31.4 Å². The number of para-hydroxylation sites is 1. The second kappa shape index (κ2) is 6.43. The van der Waals surface area contributed by atoms with Crippen LogP contribution in [0.25, 0.3) is 5.69 Å². The predicted molar refractivity (Wildman–Crippen MR) is 84.3 cm³/mol. The third-order valence-electron chi connectivity index (χ3n) is 3.76. The molecule has 0 aliphatic carbocycles. The first kappa shape index (κ1) is 13.7. The molecule has 2 aromatic rings. The summed E-state index contributed by atoms with van der Waals surface area (Å²) in [6, 6.07) is 10.1. The first-order valence-corrected chi connectivity index (χ1v) is 7.47. The van der Waals surface area contributed by atoms with Crippen molar-refractivity contribution in [1.29, 1.82) is 0 Å². The van der Waals surface area contributed by atoms with Crippen LogP contribution in [0.1, 0.15) is 24.8 Å². The summed E-state index contributed by atoms with van der Waals surface area (Å²) in [6.07, 6.45) is 7.57. The molecule has 1 aromatic carbocycles. The van der Waals surface area contributed by atoms with E-state index in [4.69, 9.17) is 5.73 Å². The Morgan fingerprint density at radius 1 is 1.14 bits per heavy atom. The molecule has 0 unspecified atom stereocenters. The fourth-order valence-corrected chi connectivity index (χ4v) is 2.56. The molecule has 0 saturated carbocycles. The number of aliphatic imine (C=N–C) groups is 1. The maximum atomic E-state index is 6.06. The third kappa shape index (κ3) is 3.42. The van der Waals surface area contributed by atoms with Gasteiger partial charge in [0.15, 0.2) is 5.96 Å². The lowest BCUT2D eigenvalue weighted by atomic mass is 10.1. The molecular weight excluding hydrogens is 262 g/mol. The number of piperidine rings is 1. The zero-order chi connectivity index (χ0) is 14.5. The van der Waals surface area contributed by atoms with Crippen molar-refractivity contribution >= 4 is 5.96 Å². The van der Waals surface area contributed by atoms with Gasteiger partial charge in [0.25, 0.3) is 0 Å². The Bertz CT molecular complexity index is 596. The molecular formula is C16H21N5. The fourth-order valence-electron chi connectivity index (χ4n) is 2.56. The highest BCUT2D eigenvalue weighted by atomic mass is 15.3. The topological polar surface area (TPSA) is 59.4 Å². The van der Waals surface area contributed by atoms with Gasteiger partial charge in [-0.3, -0.25) is 0 Å². The zero-order valence-electron chi connectivity index (χ0n) is 12.2. The molecule has 5 heteroatoms.